The minimum absolute atomic E-state index is 0.712. The predicted octanol–water partition coefficient (Wildman–Crippen LogP) is 4.92. The van der Waals surface area contributed by atoms with E-state index in [1.54, 1.807) is 15.5 Å². The fraction of sp³-hybridized carbons (Fsp3) is 0.812. The Morgan fingerprint density at radius 2 is 1.79 bits per heavy atom. The third kappa shape index (κ3) is 3.02. The summed E-state index contributed by atoms with van der Waals surface area (Å²) in [5.41, 5.74) is 3.44. The van der Waals surface area contributed by atoms with Crippen molar-refractivity contribution in [2.24, 2.45) is 0 Å². The molecule has 2 aliphatic carbocycles. The van der Waals surface area contributed by atoms with E-state index in [0.717, 1.165) is 6.04 Å². The second kappa shape index (κ2) is 6.17. The number of hydrogen-bond donors (Lipinski definition) is 0. The standard InChI is InChI=1S/C16H26NS2/c1-12(2)18-16-14-10-6-7-11-15(14)17(19-16)13-8-4-3-5-9-13/h12-13H,3-11H2,1-2H3/q+1. The van der Waals surface area contributed by atoms with Crippen LogP contribution in [0.3, 0.4) is 0 Å². The van der Waals surface area contributed by atoms with Crippen LogP contribution in [0.4, 0.5) is 0 Å². The maximum absolute atomic E-state index is 2.73. The van der Waals surface area contributed by atoms with Crippen molar-refractivity contribution in [3.8, 4) is 0 Å². The van der Waals surface area contributed by atoms with Crippen molar-refractivity contribution in [1.29, 1.82) is 0 Å². The van der Waals surface area contributed by atoms with Crippen LogP contribution in [-0.2, 0) is 12.8 Å². The number of aromatic nitrogens is 1. The third-order valence-electron chi connectivity index (χ3n) is 4.38. The quantitative estimate of drug-likeness (QED) is 0.565. The van der Waals surface area contributed by atoms with E-state index in [2.05, 4.69) is 41.1 Å². The van der Waals surface area contributed by atoms with Gasteiger partial charge in [-0.05, 0) is 32.1 Å². The molecule has 1 saturated carbocycles. The van der Waals surface area contributed by atoms with Gasteiger partial charge in [0, 0.05) is 30.1 Å². The fourth-order valence-corrected chi connectivity index (χ4v) is 6.43. The van der Waals surface area contributed by atoms with Crippen molar-refractivity contribution in [2.75, 3.05) is 0 Å². The minimum Gasteiger partial charge on any atom is -0.134 e. The van der Waals surface area contributed by atoms with Gasteiger partial charge in [-0.15, -0.1) is 15.7 Å². The highest BCUT2D eigenvalue weighted by Crippen LogP contribution is 2.37. The summed E-state index contributed by atoms with van der Waals surface area (Å²) in [6, 6.07) is 0.826. The van der Waals surface area contributed by atoms with Gasteiger partial charge in [-0.25, -0.2) is 0 Å². The Morgan fingerprint density at radius 1 is 1.05 bits per heavy atom. The van der Waals surface area contributed by atoms with Gasteiger partial charge in [0.15, 0.2) is 6.04 Å². The molecule has 1 aromatic heterocycles. The first-order valence-electron chi connectivity index (χ1n) is 7.99. The Bertz CT molecular complexity index is 430. The van der Waals surface area contributed by atoms with Crippen LogP contribution < -0.4 is 3.96 Å². The summed E-state index contributed by atoms with van der Waals surface area (Å²) in [4.78, 5) is 0. The summed E-state index contributed by atoms with van der Waals surface area (Å²) in [6.07, 6.45) is 12.7. The molecule has 0 atom stereocenters. The average Bonchev–Trinajstić information content (AvgIpc) is 2.78. The molecule has 2 aliphatic rings. The Morgan fingerprint density at radius 3 is 2.53 bits per heavy atom. The van der Waals surface area contributed by atoms with E-state index in [-0.39, 0.29) is 0 Å². The lowest BCUT2D eigenvalue weighted by molar-refractivity contribution is -0.669. The van der Waals surface area contributed by atoms with Crippen molar-refractivity contribution >= 4 is 23.3 Å². The summed E-state index contributed by atoms with van der Waals surface area (Å²) in [5.74, 6) is 0. The van der Waals surface area contributed by atoms with Crippen LogP contribution in [0.25, 0.3) is 0 Å². The van der Waals surface area contributed by atoms with Gasteiger partial charge >= 0.3 is 0 Å². The maximum Gasteiger partial charge on any atom is 0.201 e. The number of hydrogen-bond acceptors (Lipinski definition) is 2. The summed E-state index contributed by atoms with van der Waals surface area (Å²) < 4.78 is 4.37. The van der Waals surface area contributed by atoms with Crippen molar-refractivity contribution < 1.29 is 3.96 Å². The molecule has 0 N–H and O–H groups in total. The molecule has 0 spiro atoms. The van der Waals surface area contributed by atoms with E-state index in [1.807, 2.05) is 0 Å². The molecular formula is C16H26NS2+. The Hall–Kier alpha value is -0.0200. The zero-order valence-corrected chi connectivity index (χ0v) is 13.9. The zero-order chi connectivity index (χ0) is 13.2. The number of thioether (sulfide) groups is 1. The normalized spacial score (nSPS) is 20.8. The molecule has 106 valence electrons. The van der Waals surface area contributed by atoms with Gasteiger partial charge in [-0.2, -0.15) is 0 Å². The zero-order valence-electron chi connectivity index (χ0n) is 12.3. The highest BCUT2D eigenvalue weighted by atomic mass is 32.2. The lowest BCUT2D eigenvalue weighted by Crippen LogP contribution is -2.41. The summed E-state index contributed by atoms with van der Waals surface area (Å²) in [6.45, 7) is 4.65. The van der Waals surface area contributed by atoms with Gasteiger partial charge < -0.3 is 0 Å². The molecule has 1 aromatic rings. The molecular weight excluding hydrogens is 270 g/mol. The molecule has 1 heterocycles. The number of rotatable bonds is 3. The summed E-state index contributed by atoms with van der Waals surface area (Å²) in [5, 5.41) is 0.712. The minimum atomic E-state index is 0.712. The topological polar surface area (TPSA) is 3.88 Å². The second-order valence-electron chi connectivity index (χ2n) is 6.30. The predicted molar refractivity (Wildman–Crippen MR) is 84.3 cm³/mol. The molecule has 0 aromatic carbocycles. The molecule has 0 amide bonds. The fourth-order valence-electron chi connectivity index (χ4n) is 3.47. The molecule has 0 radical (unpaired) electrons. The molecule has 1 fully saturated rings. The maximum atomic E-state index is 2.73. The molecule has 0 unspecified atom stereocenters. The molecule has 0 aliphatic heterocycles. The van der Waals surface area contributed by atoms with E-state index in [4.69, 9.17) is 0 Å². The van der Waals surface area contributed by atoms with Gasteiger partial charge in [-0.3, -0.25) is 0 Å². The molecule has 0 saturated heterocycles. The van der Waals surface area contributed by atoms with Crippen molar-refractivity contribution in [1.82, 2.24) is 0 Å². The van der Waals surface area contributed by atoms with E-state index < -0.39 is 0 Å². The van der Waals surface area contributed by atoms with Crippen molar-refractivity contribution in [3.05, 3.63) is 11.3 Å². The smallest absolute Gasteiger partial charge is 0.134 e. The monoisotopic (exact) mass is 296 g/mol. The number of fused-ring (bicyclic) bond motifs is 1. The van der Waals surface area contributed by atoms with Crippen LogP contribution in [0.15, 0.2) is 4.21 Å². The van der Waals surface area contributed by atoms with Crippen LogP contribution in [0, 0.1) is 0 Å². The van der Waals surface area contributed by atoms with Gasteiger partial charge in [0.25, 0.3) is 0 Å². The van der Waals surface area contributed by atoms with E-state index in [1.165, 1.54) is 57.8 Å². The van der Waals surface area contributed by atoms with Crippen LogP contribution >= 0.6 is 23.3 Å². The highest BCUT2D eigenvalue weighted by molar-refractivity contribution is 8.01. The van der Waals surface area contributed by atoms with Gasteiger partial charge in [0.2, 0.25) is 5.69 Å². The highest BCUT2D eigenvalue weighted by Gasteiger charge is 2.34. The van der Waals surface area contributed by atoms with E-state index in [9.17, 15) is 0 Å². The Kier molecular flexibility index (Phi) is 4.53. The lowest BCUT2D eigenvalue weighted by atomic mass is 9.93. The van der Waals surface area contributed by atoms with E-state index in [0.29, 0.717) is 5.25 Å². The first kappa shape index (κ1) is 13.9. The van der Waals surface area contributed by atoms with Crippen LogP contribution in [0.5, 0.6) is 0 Å². The van der Waals surface area contributed by atoms with Gasteiger partial charge in [-0.1, -0.05) is 20.3 Å². The lowest BCUT2D eigenvalue weighted by Gasteiger charge is -2.17. The first-order valence-corrected chi connectivity index (χ1v) is 9.64. The van der Waals surface area contributed by atoms with Gasteiger partial charge in [0.1, 0.15) is 15.7 Å². The number of nitrogens with zero attached hydrogens (tertiary/aromatic N) is 1. The first-order chi connectivity index (χ1) is 9.25. The van der Waals surface area contributed by atoms with Gasteiger partial charge in [0.05, 0.1) is 0 Å². The van der Waals surface area contributed by atoms with Crippen LogP contribution in [-0.4, -0.2) is 5.25 Å². The van der Waals surface area contributed by atoms with E-state index >= 15 is 0 Å². The molecule has 0 bridgehead atoms. The van der Waals surface area contributed by atoms with Crippen LogP contribution in [0.1, 0.15) is 76.1 Å². The van der Waals surface area contributed by atoms with Crippen LogP contribution in [0.2, 0.25) is 0 Å². The SMILES string of the molecule is CC(C)Sc1s[n+](C2CCCCC2)c2c1CCCC2. The Balaban J connectivity index is 1.92. The average molecular weight is 297 g/mol. The van der Waals surface area contributed by atoms with Crippen molar-refractivity contribution in [2.45, 2.75) is 87.1 Å². The second-order valence-corrected chi connectivity index (χ2v) is 9.12. The summed E-state index contributed by atoms with van der Waals surface area (Å²) in [7, 11) is 0. The third-order valence-corrected chi connectivity index (χ3v) is 6.95. The molecule has 1 nitrogen and oxygen atoms in total. The molecule has 3 heteroatoms. The van der Waals surface area contributed by atoms with Crippen molar-refractivity contribution in [3.63, 3.8) is 0 Å². The summed E-state index contributed by atoms with van der Waals surface area (Å²) >= 11 is 4.19. The Labute approximate surface area is 125 Å². The molecule has 19 heavy (non-hydrogen) atoms. The largest absolute Gasteiger partial charge is 0.201 e. The molecule has 3 rings (SSSR count).